The summed E-state index contributed by atoms with van der Waals surface area (Å²) in [5.74, 6) is -0.238. The number of carbonyl (C=O) groups is 1. The molecule has 1 aromatic heterocycles. The summed E-state index contributed by atoms with van der Waals surface area (Å²) in [7, 11) is -0.664. The van der Waals surface area contributed by atoms with E-state index in [2.05, 4.69) is 9.97 Å². The van der Waals surface area contributed by atoms with E-state index in [1.165, 1.54) is 38.4 Å². The van der Waals surface area contributed by atoms with E-state index in [0.29, 0.717) is 11.4 Å². The number of hydrogen-bond donors (Lipinski definition) is 0. The van der Waals surface area contributed by atoms with Crippen molar-refractivity contribution in [2.45, 2.75) is 4.90 Å². The maximum atomic E-state index is 12.5. The number of carbonyl (C=O) groups excluding carboxylic acids is 1. The first-order valence-corrected chi connectivity index (χ1v) is 10.9. The molecule has 0 spiro atoms. The van der Waals surface area contributed by atoms with Gasteiger partial charge in [-0.25, -0.2) is 22.5 Å². The summed E-state index contributed by atoms with van der Waals surface area (Å²) in [4.78, 5) is 21.6. The van der Waals surface area contributed by atoms with E-state index in [9.17, 15) is 13.2 Å². The predicted octanol–water partition coefficient (Wildman–Crippen LogP) is 3.77. The molecule has 0 fully saturated rings. The van der Waals surface area contributed by atoms with Crippen LogP contribution in [0.3, 0.4) is 0 Å². The predicted molar refractivity (Wildman–Crippen MR) is 117 cm³/mol. The van der Waals surface area contributed by atoms with Gasteiger partial charge in [-0.05, 0) is 48.5 Å². The van der Waals surface area contributed by atoms with Crippen LogP contribution in [0.1, 0.15) is 10.4 Å². The van der Waals surface area contributed by atoms with Crippen LogP contribution in [0.2, 0.25) is 0 Å². The number of ether oxygens (including phenoxy) is 1. The maximum absolute atomic E-state index is 12.5. The van der Waals surface area contributed by atoms with E-state index in [0.717, 1.165) is 20.9 Å². The van der Waals surface area contributed by atoms with E-state index in [1.807, 2.05) is 30.3 Å². The van der Waals surface area contributed by atoms with Gasteiger partial charge in [0.2, 0.25) is 10.0 Å². The Labute approximate surface area is 180 Å². The molecule has 8 heteroatoms. The van der Waals surface area contributed by atoms with Crippen LogP contribution in [-0.2, 0) is 10.0 Å². The Bertz CT molecular complexity index is 1370. The maximum Gasteiger partial charge on any atom is 0.343 e. The highest BCUT2D eigenvalue weighted by Crippen LogP contribution is 2.24. The van der Waals surface area contributed by atoms with Crippen molar-refractivity contribution >= 4 is 27.0 Å². The quantitative estimate of drug-likeness (QED) is 0.352. The number of para-hydroxylation sites is 2. The average molecular weight is 433 g/mol. The van der Waals surface area contributed by atoms with Crippen molar-refractivity contribution in [3.8, 4) is 17.0 Å². The number of hydrogen-bond acceptors (Lipinski definition) is 6. The van der Waals surface area contributed by atoms with Gasteiger partial charge in [-0.1, -0.05) is 24.3 Å². The summed E-state index contributed by atoms with van der Waals surface area (Å²) in [5.41, 5.74) is 3.24. The van der Waals surface area contributed by atoms with Gasteiger partial charge in [-0.15, -0.1) is 0 Å². The van der Waals surface area contributed by atoms with Crippen LogP contribution in [-0.4, -0.2) is 42.8 Å². The van der Waals surface area contributed by atoms with Crippen LogP contribution < -0.4 is 4.74 Å². The lowest BCUT2D eigenvalue weighted by Gasteiger charge is -2.11. The number of benzene rings is 3. The molecule has 0 saturated heterocycles. The highest BCUT2D eigenvalue weighted by atomic mass is 32.2. The summed E-state index contributed by atoms with van der Waals surface area (Å²) in [6, 6.07) is 20.2. The normalized spacial score (nSPS) is 11.6. The minimum Gasteiger partial charge on any atom is -0.423 e. The molecular weight excluding hydrogens is 414 g/mol. The van der Waals surface area contributed by atoms with E-state index in [-0.39, 0.29) is 10.5 Å². The molecule has 3 aromatic carbocycles. The smallest absolute Gasteiger partial charge is 0.343 e. The average Bonchev–Trinajstić information content (AvgIpc) is 2.79. The first-order chi connectivity index (χ1) is 14.8. The van der Waals surface area contributed by atoms with Crippen molar-refractivity contribution in [2.24, 2.45) is 0 Å². The number of nitrogens with zero attached hydrogens (tertiary/aromatic N) is 3. The second-order valence-electron chi connectivity index (χ2n) is 6.97. The molecule has 0 amide bonds. The summed E-state index contributed by atoms with van der Waals surface area (Å²) in [6.45, 7) is 0. The molecule has 156 valence electrons. The Kier molecular flexibility index (Phi) is 5.50. The van der Waals surface area contributed by atoms with Crippen LogP contribution in [0.4, 0.5) is 0 Å². The fourth-order valence-corrected chi connectivity index (χ4v) is 3.86. The molecule has 1 heterocycles. The Hall–Kier alpha value is -3.62. The number of sulfonamides is 1. The Morgan fingerprint density at radius 1 is 0.903 bits per heavy atom. The number of aromatic nitrogens is 2. The van der Waals surface area contributed by atoms with Gasteiger partial charge in [-0.2, -0.15) is 0 Å². The largest absolute Gasteiger partial charge is 0.423 e. The van der Waals surface area contributed by atoms with E-state index in [1.54, 1.807) is 24.4 Å². The molecule has 4 aromatic rings. The zero-order valence-corrected chi connectivity index (χ0v) is 17.7. The third kappa shape index (κ3) is 4.30. The second kappa shape index (κ2) is 8.25. The molecule has 4 rings (SSSR count). The summed E-state index contributed by atoms with van der Waals surface area (Å²) >= 11 is 0. The number of fused-ring (bicyclic) bond motifs is 1. The summed E-state index contributed by atoms with van der Waals surface area (Å²) in [6.07, 6.45) is 1.67. The molecule has 0 aliphatic rings. The molecule has 0 saturated carbocycles. The molecule has 0 atom stereocenters. The lowest BCUT2D eigenvalue weighted by Crippen LogP contribution is -2.22. The molecule has 0 bridgehead atoms. The minimum absolute atomic E-state index is 0.103. The van der Waals surface area contributed by atoms with Crippen molar-refractivity contribution in [1.82, 2.24) is 14.3 Å². The van der Waals surface area contributed by atoms with Gasteiger partial charge in [0, 0.05) is 19.7 Å². The van der Waals surface area contributed by atoms with Gasteiger partial charge in [0.25, 0.3) is 0 Å². The second-order valence-corrected chi connectivity index (χ2v) is 9.12. The third-order valence-corrected chi connectivity index (χ3v) is 6.49. The molecule has 0 aliphatic carbocycles. The van der Waals surface area contributed by atoms with Crippen LogP contribution in [0.25, 0.3) is 22.3 Å². The van der Waals surface area contributed by atoms with Crippen molar-refractivity contribution in [3.63, 3.8) is 0 Å². The first kappa shape index (κ1) is 20.6. The molecule has 0 unspecified atom stereocenters. The monoisotopic (exact) mass is 433 g/mol. The Morgan fingerprint density at radius 2 is 1.61 bits per heavy atom. The SMILES string of the molecule is CN(C)S(=O)(=O)c1ccc(C(=O)Oc2cccc(-c3cnc4ccccc4n3)c2)cc1. The topological polar surface area (TPSA) is 89.5 Å². The zero-order chi connectivity index (χ0) is 22.0. The van der Waals surface area contributed by atoms with Gasteiger partial charge >= 0.3 is 5.97 Å². The Morgan fingerprint density at radius 3 is 2.32 bits per heavy atom. The van der Waals surface area contributed by atoms with E-state index in [4.69, 9.17) is 4.74 Å². The minimum atomic E-state index is -3.56. The van der Waals surface area contributed by atoms with E-state index < -0.39 is 16.0 Å². The standard InChI is InChI=1S/C23H19N3O4S/c1-26(2)31(28,29)19-12-10-16(11-13-19)23(27)30-18-7-5-6-17(14-18)22-15-24-20-8-3-4-9-21(20)25-22/h3-15H,1-2H3. The van der Waals surface area contributed by atoms with Gasteiger partial charge in [0.15, 0.2) is 0 Å². The highest BCUT2D eigenvalue weighted by molar-refractivity contribution is 7.89. The van der Waals surface area contributed by atoms with Gasteiger partial charge < -0.3 is 4.74 Å². The third-order valence-electron chi connectivity index (χ3n) is 4.66. The number of esters is 1. The van der Waals surface area contributed by atoms with Crippen LogP contribution >= 0.6 is 0 Å². The molecule has 31 heavy (non-hydrogen) atoms. The van der Waals surface area contributed by atoms with Crippen molar-refractivity contribution in [2.75, 3.05) is 14.1 Å². The summed E-state index contributed by atoms with van der Waals surface area (Å²) < 4.78 is 30.9. The number of rotatable bonds is 5. The molecule has 7 nitrogen and oxygen atoms in total. The molecule has 0 radical (unpaired) electrons. The van der Waals surface area contributed by atoms with E-state index >= 15 is 0 Å². The van der Waals surface area contributed by atoms with Gasteiger partial charge in [0.05, 0.1) is 33.4 Å². The lowest BCUT2D eigenvalue weighted by atomic mass is 10.1. The molecule has 0 N–H and O–H groups in total. The Balaban J connectivity index is 1.55. The van der Waals surface area contributed by atoms with Crippen molar-refractivity contribution in [3.05, 3.63) is 84.6 Å². The van der Waals surface area contributed by atoms with Crippen LogP contribution in [0.15, 0.2) is 83.9 Å². The van der Waals surface area contributed by atoms with Crippen molar-refractivity contribution < 1.29 is 17.9 Å². The van der Waals surface area contributed by atoms with Crippen molar-refractivity contribution in [1.29, 1.82) is 0 Å². The fraction of sp³-hybridized carbons (Fsp3) is 0.0870. The lowest BCUT2D eigenvalue weighted by molar-refractivity contribution is 0.0734. The van der Waals surface area contributed by atoms with Gasteiger partial charge in [-0.3, -0.25) is 4.98 Å². The fourth-order valence-electron chi connectivity index (χ4n) is 2.95. The van der Waals surface area contributed by atoms with Crippen LogP contribution in [0.5, 0.6) is 5.75 Å². The van der Waals surface area contributed by atoms with Crippen LogP contribution in [0, 0.1) is 0 Å². The molecule has 0 aliphatic heterocycles. The highest BCUT2D eigenvalue weighted by Gasteiger charge is 2.18. The summed E-state index contributed by atoms with van der Waals surface area (Å²) in [5, 5.41) is 0. The first-order valence-electron chi connectivity index (χ1n) is 9.41. The van der Waals surface area contributed by atoms with Gasteiger partial charge in [0.1, 0.15) is 5.75 Å². The molecular formula is C23H19N3O4S. The zero-order valence-electron chi connectivity index (χ0n) is 16.9.